The van der Waals surface area contributed by atoms with E-state index in [1.807, 2.05) is 6.07 Å². The summed E-state index contributed by atoms with van der Waals surface area (Å²) in [4.78, 5) is 14.5. The Morgan fingerprint density at radius 2 is 2.20 bits per heavy atom. The minimum atomic E-state index is -0.541. The van der Waals surface area contributed by atoms with Gasteiger partial charge in [0.25, 0.3) is 0 Å². The van der Waals surface area contributed by atoms with Gasteiger partial charge in [0.2, 0.25) is 11.6 Å². The molecule has 0 amide bonds. The van der Waals surface area contributed by atoms with E-state index in [9.17, 15) is 10.1 Å². The molecule has 6 nitrogen and oxygen atoms in total. The molecule has 1 heterocycles. The van der Waals surface area contributed by atoms with Crippen molar-refractivity contribution < 1.29 is 9.66 Å². The van der Waals surface area contributed by atoms with E-state index >= 15 is 0 Å². The molecule has 2 rings (SSSR count). The maximum Gasteiger partial charge on any atom is 0.312 e. The average molecular weight is 334 g/mol. The maximum absolute atomic E-state index is 11.0. The first-order valence-electron chi connectivity index (χ1n) is 5.51. The molecule has 20 heavy (non-hydrogen) atoms. The van der Waals surface area contributed by atoms with Gasteiger partial charge in [-0.3, -0.25) is 10.1 Å². The molecule has 0 spiro atoms. The average Bonchev–Trinajstić information content (AvgIpc) is 2.40. The van der Waals surface area contributed by atoms with Crippen molar-refractivity contribution in [2.75, 3.05) is 0 Å². The van der Waals surface area contributed by atoms with Crippen molar-refractivity contribution in [1.29, 1.82) is 5.26 Å². The molecule has 0 saturated heterocycles. The van der Waals surface area contributed by atoms with E-state index in [0.717, 1.165) is 0 Å². The fourth-order valence-corrected chi connectivity index (χ4v) is 2.04. The quantitative estimate of drug-likeness (QED) is 0.630. The molecule has 0 aliphatic rings. The van der Waals surface area contributed by atoms with Crippen LogP contribution < -0.4 is 4.74 Å². The highest BCUT2D eigenvalue weighted by Crippen LogP contribution is 2.37. The molecular formula is C13H8BrN3O3. The largest absolute Gasteiger partial charge is 0.431 e. The van der Waals surface area contributed by atoms with Gasteiger partial charge in [-0.05, 0) is 35.0 Å². The zero-order valence-electron chi connectivity index (χ0n) is 10.3. The van der Waals surface area contributed by atoms with Gasteiger partial charge in [0.05, 0.1) is 21.0 Å². The van der Waals surface area contributed by atoms with Crippen molar-refractivity contribution in [3.05, 3.63) is 56.2 Å². The van der Waals surface area contributed by atoms with Crippen LogP contribution in [0, 0.1) is 28.4 Å². The van der Waals surface area contributed by atoms with Crippen LogP contribution in [0.5, 0.6) is 11.6 Å². The highest BCUT2D eigenvalue weighted by Gasteiger charge is 2.19. The number of hydrogen-bond donors (Lipinski definition) is 0. The standard InChI is InChI=1S/C13H8BrN3O3/c1-8-5-9(7-15)6-12(16-8)20-13-10(14)3-2-4-11(13)17(18)19/h2-6H,1H3. The fraction of sp³-hybridized carbons (Fsp3) is 0.0769. The second kappa shape index (κ2) is 5.67. The van der Waals surface area contributed by atoms with Crippen LogP contribution in [0.15, 0.2) is 34.8 Å². The summed E-state index contributed by atoms with van der Waals surface area (Å²) in [5, 5.41) is 19.9. The minimum absolute atomic E-state index is 0.0551. The second-order valence-corrected chi connectivity index (χ2v) is 4.75. The molecule has 0 aliphatic carbocycles. The van der Waals surface area contributed by atoms with Crippen molar-refractivity contribution in [1.82, 2.24) is 4.98 Å². The lowest BCUT2D eigenvalue weighted by Gasteiger charge is -2.08. The Kier molecular flexibility index (Phi) is 3.96. The third-order valence-electron chi connectivity index (χ3n) is 2.41. The zero-order chi connectivity index (χ0) is 14.7. The number of pyridine rings is 1. The van der Waals surface area contributed by atoms with Gasteiger partial charge in [0.15, 0.2) is 0 Å². The van der Waals surface area contributed by atoms with Gasteiger partial charge in [-0.25, -0.2) is 4.98 Å². The number of benzene rings is 1. The number of nitriles is 1. The number of aromatic nitrogens is 1. The summed E-state index contributed by atoms with van der Waals surface area (Å²) in [5.74, 6) is 0.191. The van der Waals surface area contributed by atoms with Crippen LogP contribution in [0.4, 0.5) is 5.69 Å². The van der Waals surface area contributed by atoms with E-state index in [-0.39, 0.29) is 17.3 Å². The molecule has 100 valence electrons. The van der Waals surface area contributed by atoms with Crippen molar-refractivity contribution in [3.63, 3.8) is 0 Å². The molecule has 0 saturated carbocycles. The van der Waals surface area contributed by atoms with E-state index in [0.29, 0.717) is 15.7 Å². The highest BCUT2D eigenvalue weighted by molar-refractivity contribution is 9.10. The fourth-order valence-electron chi connectivity index (χ4n) is 1.60. The molecule has 0 unspecified atom stereocenters. The van der Waals surface area contributed by atoms with Crippen LogP contribution in [-0.4, -0.2) is 9.91 Å². The molecule has 0 aliphatic heterocycles. The topological polar surface area (TPSA) is 89.0 Å². The Morgan fingerprint density at radius 3 is 2.85 bits per heavy atom. The van der Waals surface area contributed by atoms with Gasteiger partial charge in [-0.1, -0.05) is 6.07 Å². The third-order valence-corrected chi connectivity index (χ3v) is 3.03. The normalized spacial score (nSPS) is 9.85. The number of rotatable bonds is 3. The summed E-state index contributed by atoms with van der Waals surface area (Å²) < 4.78 is 5.91. The number of nitro benzene ring substituents is 1. The number of para-hydroxylation sites is 1. The zero-order valence-corrected chi connectivity index (χ0v) is 11.9. The van der Waals surface area contributed by atoms with Crippen LogP contribution in [0.2, 0.25) is 0 Å². The summed E-state index contributed by atoms with van der Waals surface area (Å²) >= 11 is 3.20. The Balaban J connectivity index is 2.48. The van der Waals surface area contributed by atoms with Crippen LogP contribution >= 0.6 is 15.9 Å². The van der Waals surface area contributed by atoms with Crippen LogP contribution in [-0.2, 0) is 0 Å². The van der Waals surface area contributed by atoms with E-state index < -0.39 is 4.92 Å². The third kappa shape index (κ3) is 2.92. The molecule has 0 radical (unpaired) electrons. The SMILES string of the molecule is Cc1cc(C#N)cc(Oc2c(Br)cccc2[N+](=O)[O-])n1. The Labute approximate surface area is 122 Å². The van der Waals surface area contributed by atoms with Crippen LogP contribution in [0.3, 0.4) is 0 Å². The minimum Gasteiger partial charge on any atom is -0.431 e. The number of halogens is 1. The highest BCUT2D eigenvalue weighted by atomic mass is 79.9. The molecule has 1 aromatic heterocycles. The lowest BCUT2D eigenvalue weighted by Crippen LogP contribution is -1.97. The van der Waals surface area contributed by atoms with Gasteiger partial charge >= 0.3 is 5.69 Å². The first-order chi connectivity index (χ1) is 9.51. The summed E-state index contributed by atoms with van der Waals surface area (Å²) in [7, 11) is 0. The van der Waals surface area contributed by atoms with Crippen molar-refractivity contribution in [2.24, 2.45) is 0 Å². The van der Waals surface area contributed by atoms with E-state index in [2.05, 4.69) is 20.9 Å². The summed E-state index contributed by atoms with van der Waals surface area (Å²) in [6, 6.07) is 9.51. The second-order valence-electron chi connectivity index (χ2n) is 3.89. The number of nitrogens with zero attached hydrogens (tertiary/aromatic N) is 3. The predicted molar refractivity (Wildman–Crippen MR) is 74.6 cm³/mol. The number of nitro groups is 1. The smallest absolute Gasteiger partial charge is 0.312 e. The number of hydrogen-bond acceptors (Lipinski definition) is 5. The molecular weight excluding hydrogens is 326 g/mol. The Hall–Kier alpha value is -2.46. The summed E-state index contributed by atoms with van der Waals surface area (Å²) in [5.41, 5.74) is 0.789. The van der Waals surface area contributed by atoms with Gasteiger partial charge in [-0.2, -0.15) is 5.26 Å². The van der Waals surface area contributed by atoms with Crippen molar-refractivity contribution in [2.45, 2.75) is 6.92 Å². The van der Waals surface area contributed by atoms with E-state index in [1.165, 1.54) is 12.1 Å². The first kappa shape index (κ1) is 14.0. The maximum atomic E-state index is 11.0. The van der Waals surface area contributed by atoms with Crippen LogP contribution in [0.1, 0.15) is 11.3 Å². The Bertz CT molecular complexity index is 725. The predicted octanol–water partition coefficient (Wildman–Crippen LogP) is 3.72. The lowest BCUT2D eigenvalue weighted by atomic mass is 10.2. The summed E-state index contributed by atoms with van der Waals surface area (Å²) in [6.07, 6.45) is 0. The monoisotopic (exact) mass is 333 g/mol. The molecule has 2 aromatic rings. The van der Waals surface area contributed by atoms with Gasteiger partial charge < -0.3 is 4.74 Å². The number of ether oxygens (including phenoxy) is 1. The van der Waals surface area contributed by atoms with E-state index in [1.54, 1.807) is 25.1 Å². The van der Waals surface area contributed by atoms with Crippen molar-refractivity contribution >= 4 is 21.6 Å². The lowest BCUT2D eigenvalue weighted by molar-refractivity contribution is -0.385. The molecule has 7 heteroatoms. The van der Waals surface area contributed by atoms with Crippen molar-refractivity contribution in [3.8, 4) is 17.7 Å². The van der Waals surface area contributed by atoms with Gasteiger partial charge in [0.1, 0.15) is 0 Å². The van der Waals surface area contributed by atoms with Crippen LogP contribution in [0.25, 0.3) is 0 Å². The van der Waals surface area contributed by atoms with Gasteiger partial charge in [-0.15, -0.1) is 0 Å². The summed E-state index contributed by atoms with van der Waals surface area (Å²) in [6.45, 7) is 1.71. The molecule has 0 bridgehead atoms. The molecule has 0 N–H and O–H groups in total. The van der Waals surface area contributed by atoms with E-state index in [4.69, 9.17) is 10.00 Å². The molecule has 1 aromatic carbocycles. The molecule has 0 atom stereocenters. The molecule has 0 fully saturated rings. The first-order valence-corrected chi connectivity index (χ1v) is 6.30. The Morgan fingerprint density at radius 1 is 1.45 bits per heavy atom. The van der Waals surface area contributed by atoms with Gasteiger partial charge in [0, 0.05) is 17.8 Å². The number of aryl methyl sites for hydroxylation is 1.